The molecule has 2 N–H and O–H groups in total. The largest absolute Gasteiger partial charge is 0.492 e. The molecule has 1 aromatic rings. The lowest BCUT2D eigenvalue weighted by Gasteiger charge is -2.09. The lowest BCUT2D eigenvalue weighted by Crippen LogP contribution is -2.10. The van der Waals surface area contributed by atoms with Crippen molar-refractivity contribution in [1.29, 1.82) is 0 Å². The molecule has 0 saturated carbocycles. The Balaban J connectivity index is 2.28. The maximum atomic E-state index is 5.64. The summed E-state index contributed by atoms with van der Waals surface area (Å²) < 4.78 is 16.7. The number of nitrogens with two attached hydrogens (primary N) is 1. The number of methoxy groups -OCH3 is 1. The van der Waals surface area contributed by atoms with Crippen LogP contribution in [0, 0.1) is 0 Å². The Morgan fingerprint density at radius 1 is 1.26 bits per heavy atom. The fourth-order valence-corrected chi connectivity index (χ4v) is 1.98. The fourth-order valence-electron chi connectivity index (χ4n) is 1.36. The number of rotatable bonds is 9. The van der Waals surface area contributed by atoms with Crippen molar-refractivity contribution in [2.75, 3.05) is 33.5 Å². The van der Waals surface area contributed by atoms with E-state index in [0.717, 1.165) is 22.2 Å². The molecule has 0 bridgehead atoms. The van der Waals surface area contributed by atoms with Crippen LogP contribution >= 0.6 is 28.1 Å². The van der Waals surface area contributed by atoms with Crippen molar-refractivity contribution in [3.63, 3.8) is 0 Å². The van der Waals surface area contributed by atoms with Crippen molar-refractivity contribution in [1.82, 2.24) is 0 Å². The second-order valence-electron chi connectivity index (χ2n) is 3.82. The maximum absolute atomic E-state index is 5.64. The first kappa shape index (κ1) is 16.4. The van der Waals surface area contributed by atoms with Crippen LogP contribution in [0.1, 0.15) is 12.0 Å². The molecular weight excluding hydrogens is 330 g/mol. The van der Waals surface area contributed by atoms with Crippen LogP contribution in [0.4, 0.5) is 0 Å². The minimum Gasteiger partial charge on any atom is -0.492 e. The number of halogens is 1. The van der Waals surface area contributed by atoms with Gasteiger partial charge in [-0.1, -0.05) is 12.2 Å². The van der Waals surface area contributed by atoms with Gasteiger partial charge in [0, 0.05) is 25.7 Å². The van der Waals surface area contributed by atoms with Crippen LogP contribution in [0.5, 0.6) is 5.75 Å². The van der Waals surface area contributed by atoms with Crippen LogP contribution in [-0.2, 0) is 9.47 Å². The van der Waals surface area contributed by atoms with Crippen LogP contribution in [0.15, 0.2) is 22.7 Å². The Morgan fingerprint density at radius 2 is 2.05 bits per heavy atom. The van der Waals surface area contributed by atoms with E-state index in [-0.39, 0.29) is 0 Å². The highest BCUT2D eigenvalue weighted by Crippen LogP contribution is 2.26. The molecule has 19 heavy (non-hydrogen) atoms. The number of ether oxygens (including phenoxy) is 3. The summed E-state index contributed by atoms with van der Waals surface area (Å²) in [6, 6.07) is 5.55. The smallest absolute Gasteiger partial charge is 0.133 e. The van der Waals surface area contributed by atoms with Gasteiger partial charge in [0.05, 0.1) is 24.3 Å². The Hall–Kier alpha value is -0.690. The number of thiocarbonyl (C=S) groups is 1. The van der Waals surface area contributed by atoms with Gasteiger partial charge >= 0.3 is 0 Å². The Morgan fingerprint density at radius 3 is 2.68 bits per heavy atom. The van der Waals surface area contributed by atoms with E-state index < -0.39 is 0 Å². The third-order valence-electron chi connectivity index (χ3n) is 2.34. The summed E-state index contributed by atoms with van der Waals surface area (Å²) in [5.74, 6) is 0.775. The molecule has 0 unspecified atom stereocenters. The molecule has 0 saturated heterocycles. The van der Waals surface area contributed by atoms with Crippen molar-refractivity contribution >= 4 is 33.1 Å². The van der Waals surface area contributed by atoms with E-state index >= 15 is 0 Å². The van der Waals surface area contributed by atoms with Crippen molar-refractivity contribution in [2.45, 2.75) is 6.42 Å². The predicted octanol–water partition coefficient (Wildman–Crippen LogP) is 2.52. The van der Waals surface area contributed by atoms with E-state index in [1.165, 1.54) is 0 Å². The van der Waals surface area contributed by atoms with Gasteiger partial charge in [0.25, 0.3) is 0 Å². The van der Waals surface area contributed by atoms with Crippen molar-refractivity contribution in [3.05, 3.63) is 28.2 Å². The highest BCUT2D eigenvalue weighted by molar-refractivity contribution is 9.10. The van der Waals surface area contributed by atoms with Gasteiger partial charge in [0.2, 0.25) is 0 Å². The van der Waals surface area contributed by atoms with E-state index in [4.69, 9.17) is 32.2 Å². The SMILES string of the molecule is COCCOCCCOc1ccc(C(N)=S)cc1Br. The summed E-state index contributed by atoms with van der Waals surface area (Å²) in [5.41, 5.74) is 6.37. The van der Waals surface area contributed by atoms with Crippen molar-refractivity contribution < 1.29 is 14.2 Å². The minimum atomic E-state index is 0.374. The van der Waals surface area contributed by atoms with Crippen molar-refractivity contribution in [2.24, 2.45) is 5.73 Å². The number of benzene rings is 1. The van der Waals surface area contributed by atoms with Crippen LogP contribution in [0.3, 0.4) is 0 Å². The molecule has 0 aromatic heterocycles. The molecule has 0 aliphatic heterocycles. The summed E-state index contributed by atoms with van der Waals surface area (Å²) in [4.78, 5) is 0.374. The maximum Gasteiger partial charge on any atom is 0.133 e. The van der Waals surface area contributed by atoms with E-state index in [0.29, 0.717) is 31.4 Å². The summed E-state index contributed by atoms with van der Waals surface area (Å²) in [7, 11) is 1.65. The second-order valence-corrected chi connectivity index (χ2v) is 5.11. The standard InChI is InChI=1S/C13H18BrNO3S/c1-16-7-8-17-5-2-6-18-12-4-3-10(13(15)19)9-11(12)14/h3-4,9H,2,5-8H2,1H3,(H2,15,19). The average Bonchev–Trinajstić information content (AvgIpc) is 2.39. The molecular formula is C13H18BrNO3S. The van der Waals surface area contributed by atoms with Crippen molar-refractivity contribution in [3.8, 4) is 5.75 Å². The summed E-state index contributed by atoms with van der Waals surface area (Å²) >= 11 is 8.34. The van der Waals surface area contributed by atoms with Gasteiger partial charge in [-0.3, -0.25) is 0 Å². The number of hydrogen-bond donors (Lipinski definition) is 1. The van der Waals surface area contributed by atoms with Gasteiger partial charge in [0.1, 0.15) is 10.7 Å². The van der Waals surface area contributed by atoms with Gasteiger partial charge in [-0.05, 0) is 34.1 Å². The fraction of sp³-hybridized carbons (Fsp3) is 0.462. The Kier molecular flexibility index (Phi) is 7.97. The van der Waals surface area contributed by atoms with Crippen LogP contribution in [0.25, 0.3) is 0 Å². The second kappa shape index (κ2) is 9.25. The van der Waals surface area contributed by atoms with E-state index in [9.17, 15) is 0 Å². The molecule has 0 spiro atoms. The van der Waals surface area contributed by atoms with Crippen LogP contribution in [0.2, 0.25) is 0 Å². The molecule has 0 heterocycles. The highest BCUT2D eigenvalue weighted by atomic mass is 79.9. The van der Waals surface area contributed by atoms with E-state index in [1.54, 1.807) is 7.11 Å². The van der Waals surface area contributed by atoms with E-state index in [1.807, 2.05) is 18.2 Å². The zero-order valence-corrected chi connectivity index (χ0v) is 13.3. The molecule has 6 heteroatoms. The molecule has 0 atom stereocenters. The zero-order valence-electron chi connectivity index (χ0n) is 10.9. The van der Waals surface area contributed by atoms with Crippen LogP contribution < -0.4 is 10.5 Å². The Bertz CT molecular complexity index is 415. The topological polar surface area (TPSA) is 53.7 Å². The first-order valence-corrected chi connectivity index (χ1v) is 7.14. The van der Waals surface area contributed by atoms with E-state index in [2.05, 4.69) is 15.9 Å². The highest BCUT2D eigenvalue weighted by Gasteiger charge is 2.04. The minimum absolute atomic E-state index is 0.374. The third kappa shape index (κ3) is 6.33. The zero-order chi connectivity index (χ0) is 14.1. The molecule has 0 amide bonds. The first-order valence-electron chi connectivity index (χ1n) is 5.94. The molecule has 4 nitrogen and oxygen atoms in total. The molecule has 0 fully saturated rings. The third-order valence-corrected chi connectivity index (χ3v) is 3.19. The average molecular weight is 348 g/mol. The van der Waals surface area contributed by atoms with Gasteiger partial charge < -0.3 is 19.9 Å². The molecule has 0 aliphatic rings. The normalized spacial score (nSPS) is 10.4. The molecule has 106 valence electrons. The summed E-state index contributed by atoms with van der Waals surface area (Å²) in [6.45, 7) is 2.49. The quantitative estimate of drug-likeness (QED) is 0.549. The first-order chi connectivity index (χ1) is 9.15. The molecule has 0 aliphatic carbocycles. The lowest BCUT2D eigenvalue weighted by atomic mass is 10.2. The summed E-state index contributed by atoms with van der Waals surface area (Å²) in [6.07, 6.45) is 0.827. The molecule has 1 rings (SSSR count). The monoisotopic (exact) mass is 347 g/mol. The number of hydrogen-bond acceptors (Lipinski definition) is 4. The summed E-state index contributed by atoms with van der Waals surface area (Å²) in [5, 5.41) is 0. The van der Waals surface area contributed by atoms with Gasteiger partial charge in [0.15, 0.2) is 0 Å². The van der Waals surface area contributed by atoms with Crippen LogP contribution in [-0.4, -0.2) is 38.5 Å². The predicted molar refractivity (Wildman–Crippen MR) is 82.8 cm³/mol. The molecule has 1 aromatic carbocycles. The van der Waals surface area contributed by atoms with Gasteiger partial charge in [-0.25, -0.2) is 0 Å². The lowest BCUT2D eigenvalue weighted by molar-refractivity contribution is 0.0644. The van der Waals surface area contributed by atoms with Gasteiger partial charge in [-0.15, -0.1) is 0 Å². The molecule has 0 radical (unpaired) electrons. The Labute approximate surface area is 127 Å². The van der Waals surface area contributed by atoms with Gasteiger partial charge in [-0.2, -0.15) is 0 Å².